The van der Waals surface area contributed by atoms with Gasteiger partial charge in [0.2, 0.25) is 0 Å². The van der Waals surface area contributed by atoms with Crippen molar-refractivity contribution in [2.45, 2.75) is 45.6 Å². The zero-order chi connectivity index (χ0) is 13.3. The van der Waals surface area contributed by atoms with E-state index < -0.39 is 11.2 Å². The number of hydrogen-bond donors (Lipinski definition) is 1. The first kappa shape index (κ1) is 12.8. The third-order valence-corrected chi connectivity index (χ3v) is 3.88. The number of H-pyrrole nitrogens is 1. The number of aromatic nitrogens is 2. The number of hydrogen-bond acceptors (Lipinski definition) is 3. The molecule has 1 aliphatic rings. The van der Waals surface area contributed by atoms with Gasteiger partial charge < -0.3 is 4.98 Å². The predicted molar refractivity (Wildman–Crippen MR) is 68.0 cm³/mol. The monoisotopic (exact) mass is 250 g/mol. The summed E-state index contributed by atoms with van der Waals surface area (Å²) in [6.07, 6.45) is 5.59. The molecule has 0 saturated heterocycles. The predicted octanol–water partition coefficient (Wildman–Crippen LogP) is 1.49. The molecule has 1 atom stereocenters. The van der Waals surface area contributed by atoms with Crippen LogP contribution in [0.3, 0.4) is 0 Å². The molecule has 5 nitrogen and oxygen atoms in total. The average Bonchev–Trinajstić information content (AvgIpc) is 2.81. The SMILES string of the molecule is CC(=O)c1c[nH]c(=O)n(C(C)C2CCCC2)c1=O. The molecule has 1 unspecified atom stereocenters. The third-order valence-electron chi connectivity index (χ3n) is 3.88. The summed E-state index contributed by atoms with van der Waals surface area (Å²) in [6, 6.07) is -0.150. The van der Waals surface area contributed by atoms with Gasteiger partial charge in [0.05, 0.1) is 5.56 Å². The van der Waals surface area contributed by atoms with Crippen LogP contribution in [-0.4, -0.2) is 15.3 Å². The van der Waals surface area contributed by atoms with Crippen LogP contribution < -0.4 is 11.2 Å². The van der Waals surface area contributed by atoms with E-state index in [-0.39, 0.29) is 17.4 Å². The summed E-state index contributed by atoms with van der Waals surface area (Å²) in [5.74, 6) is 0.0367. The van der Waals surface area contributed by atoms with Gasteiger partial charge in [-0.05, 0) is 32.6 Å². The Bertz CT molecular complexity index is 564. The van der Waals surface area contributed by atoms with Crippen LogP contribution in [0.5, 0.6) is 0 Å². The fraction of sp³-hybridized carbons (Fsp3) is 0.615. The van der Waals surface area contributed by atoms with Crippen molar-refractivity contribution in [2.75, 3.05) is 0 Å². The van der Waals surface area contributed by atoms with Gasteiger partial charge in [-0.25, -0.2) is 4.79 Å². The van der Waals surface area contributed by atoms with Crippen LogP contribution in [0.15, 0.2) is 15.8 Å². The lowest BCUT2D eigenvalue weighted by Gasteiger charge is -2.20. The summed E-state index contributed by atoms with van der Waals surface area (Å²) in [7, 11) is 0. The zero-order valence-electron chi connectivity index (χ0n) is 10.7. The molecule has 1 aromatic rings. The van der Waals surface area contributed by atoms with Gasteiger partial charge in [-0.3, -0.25) is 14.2 Å². The van der Waals surface area contributed by atoms with Gasteiger partial charge in [0.15, 0.2) is 5.78 Å². The van der Waals surface area contributed by atoms with Crippen LogP contribution in [0.25, 0.3) is 0 Å². The third kappa shape index (κ3) is 2.17. The molecular weight excluding hydrogens is 232 g/mol. The number of rotatable bonds is 3. The molecule has 0 spiro atoms. The summed E-state index contributed by atoms with van der Waals surface area (Å²) in [5, 5.41) is 0. The van der Waals surface area contributed by atoms with Crippen molar-refractivity contribution in [1.82, 2.24) is 9.55 Å². The molecule has 1 N–H and O–H groups in total. The van der Waals surface area contributed by atoms with Gasteiger partial charge in [0, 0.05) is 12.2 Å². The highest BCUT2D eigenvalue weighted by molar-refractivity contribution is 5.93. The lowest BCUT2D eigenvalue weighted by molar-refractivity contribution is 0.101. The van der Waals surface area contributed by atoms with Gasteiger partial charge in [0.1, 0.15) is 0 Å². The second-order valence-electron chi connectivity index (χ2n) is 5.02. The van der Waals surface area contributed by atoms with E-state index in [9.17, 15) is 14.4 Å². The van der Waals surface area contributed by atoms with Crippen molar-refractivity contribution >= 4 is 5.78 Å². The smallest absolute Gasteiger partial charge is 0.313 e. The van der Waals surface area contributed by atoms with Gasteiger partial charge >= 0.3 is 5.69 Å². The highest BCUT2D eigenvalue weighted by atomic mass is 16.2. The van der Waals surface area contributed by atoms with Crippen molar-refractivity contribution in [2.24, 2.45) is 5.92 Å². The van der Waals surface area contributed by atoms with Gasteiger partial charge in [0.25, 0.3) is 5.56 Å². The number of Topliss-reactive ketones (excluding diaryl/α,β-unsaturated/α-hetero) is 1. The largest absolute Gasteiger partial charge is 0.328 e. The number of ketones is 1. The highest BCUT2D eigenvalue weighted by Crippen LogP contribution is 2.32. The molecule has 0 aromatic carbocycles. The second-order valence-corrected chi connectivity index (χ2v) is 5.02. The lowest BCUT2D eigenvalue weighted by atomic mass is 9.99. The standard InChI is InChI=1S/C13H18N2O3/c1-8(10-5-3-4-6-10)15-12(17)11(9(2)16)7-14-13(15)18/h7-8,10H,3-6H2,1-2H3,(H,14,18). The minimum atomic E-state index is -0.467. The number of nitrogens with zero attached hydrogens (tertiary/aromatic N) is 1. The van der Waals surface area contributed by atoms with E-state index in [0.29, 0.717) is 5.92 Å². The van der Waals surface area contributed by atoms with Crippen molar-refractivity contribution in [3.8, 4) is 0 Å². The minimum Gasteiger partial charge on any atom is -0.313 e. The lowest BCUT2D eigenvalue weighted by Crippen LogP contribution is -2.41. The molecule has 2 rings (SSSR count). The summed E-state index contributed by atoms with van der Waals surface area (Å²) >= 11 is 0. The van der Waals surface area contributed by atoms with Gasteiger partial charge in [-0.15, -0.1) is 0 Å². The topological polar surface area (TPSA) is 71.9 Å². The van der Waals surface area contributed by atoms with Crippen molar-refractivity contribution < 1.29 is 4.79 Å². The van der Waals surface area contributed by atoms with Crippen molar-refractivity contribution in [1.29, 1.82) is 0 Å². The Labute approximate surface area is 105 Å². The van der Waals surface area contributed by atoms with Crippen molar-refractivity contribution in [3.05, 3.63) is 32.6 Å². The summed E-state index contributed by atoms with van der Waals surface area (Å²) in [4.78, 5) is 37.8. The fourth-order valence-corrected chi connectivity index (χ4v) is 2.76. The van der Waals surface area contributed by atoms with Crippen molar-refractivity contribution in [3.63, 3.8) is 0 Å². The van der Waals surface area contributed by atoms with E-state index >= 15 is 0 Å². The van der Waals surface area contributed by atoms with Crippen LogP contribution in [0, 0.1) is 5.92 Å². The first-order valence-corrected chi connectivity index (χ1v) is 6.37. The van der Waals surface area contributed by atoms with E-state index in [2.05, 4.69) is 4.98 Å². The molecule has 98 valence electrons. The molecule has 0 amide bonds. The first-order chi connectivity index (χ1) is 8.52. The van der Waals surface area contributed by atoms with Crippen LogP contribution >= 0.6 is 0 Å². The summed E-state index contributed by atoms with van der Waals surface area (Å²) < 4.78 is 1.20. The van der Waals surface area contributed by atoms with E-state index in [1.54, 1.807) is 0 Å². The maximum atomic E-state index is 12.2. The molecular formula is C13H18N2O3. The zero-order valence-corrected chi connectivity index (χ0v) is 10.7. The van der Waals surface area contributed by atoms with Crippen LogP contribution in [0.4, 0.5) is 0 Å². The molecule has 18 heavy (non-hydrogen) atoms. The maximum Gasteiger partial charge on any atom is 0.328 e. The fourth-order valence-electron chi connectivity index (χ4n) is 2.76. The number of carbonyl (C=O) groups is 1. The normalized spacial score (nSPS) is 17.9. The molecule has 1 saturated carbocycles. The Morgan fingerprint density at radius 2 is 2.00 bits per heavy atom. The Balaban J connectivity index is 2.49. The first-order valence-electron chi connectivity index (χ1n) is 6.37. The number of nitrogens with one attached hydrogen (secondary N) is 1. The number of carbonyl (C=O) groups excluding carboxylic acids is 1. The van der Waals surface area contributed by atoms with Gasteiger partial charge in [-0.1, -0.05) is 12.8 Å². The van der Waals surface area contributed by atoms with Crippen LogP contribution in [-0.2, 0) is 0 Å². The molecule has 1 aliphatic carbocycles. The minimum absolute atomic E-state index is 0.0550. The molecule has 1 fully saturated rings. The Morgan fingerprint density at radius 3 is 2.56 bits per heavy atom. The van der Waals surface area contributed by atoms with Gasteiger partial charge in [-0.2, -0.15) is 0 Å². The maximum absolute atomic E-state index is 12.2. The highest BCUT2D eigenvalue weighted by Gasteiger charge is 2.25. The Kier molecular flexibility index (Phi) is 3.50. The molecule has 0 aliphatic heterocycles. The average molecular weight is 250 g/mol. The molecule has 1 aromatic heterocycles. The number of aromatic amines is 1. The second kappa shape index (κ2) is 4.92. The van der Waals surface area contributed by atoms with E-state index in [4.69, 9.17) is 0 Å². The Morgan fingerprint density at radius 1 is 1.39 bits per heavy atom. The van der Waals surface area contributed by atoms with E-state index in [1.807, 2.05) is 6.92 Å². The quantitative estimate of drug-likeness (QED) is 0.826. The van der Waals surface area contributed by atoms with Crippen LogP contribution in [0.1, 0.15) is 55.9 Å². The summed E-state index contributed by atoms with van der Waals surface area (Å²) in [5.41, 5.74) is -0.838. The molecule has 5 heteroatoms. The Hall–Kier alpha value is -1.65. The molecule has 0 bridgehead atoms. The van der Waals surface area contributed by atoms with Crippen LogP contribution in [0.2, 0.25) is 0 Å². The summed E-state index contributed by atoms with van der Waals surface area (Å²) in [6.45, 7) is 3.22. The van der Waals surface area contributed by atoms with E-state index in [1.165, 1.54) is 17.7 Å². The van der Waals surface area contributed by atoms with E-state index in [0.717, 1.165) is 25.7 Å². The molecule has 0 radical (unpaired) electrons. The molecule has 1 heterocycles.